The topological polar surface area (TPSA) is 42.7 Å². The van der Waals surface area contributed by atoms with Crippen molar-refractivity contribution in [2.75, 3.05) is 6.61 Å². The summed E-state index contributed by atoms with van der Waals surface area (Å²) in [7, 11) is 0. The van der Waals surface area contributed by atoms with Crippen LogP contribution in [0.15, 0.2) is 33.6 Å². The van der Waals surface area contributed by atoms with E-state index < -0.39 is 11.6 Å². The van der Waals surface area contributed by atoms with Gasteiger partial charge in [0, 0.05) is 12.1 Å². The average Bonchev–Trinajstić information content (AvgIpc) is 3.40. The number of ether oxygens (including phenoxy) is 1. The number of nitrogens with zero attached hydrogens (tertiary/aromatic N) is 1. The lowest BCUT2D eigenvalue weighted by Crippen LogP contribution is -2.44. The van der Waals surface area contributed by atoms with Gasteiger partial charge in [-0.3, -0.25) is 9.69 Å². The second kappa shape index (κ2) is 9.82. The SMILES string of the molecule is CCOc1ccc(-c2ccc(C=C3SC(=S)N(C4CCC5CCCCC5C4)C3=O)o2)c(F)c1F. The number of halogens is 2. The van der Waals surface area contributed by atoms with Gasteiger partial charge in [-0.1, -0.05) is 49.7 Å². The van der Waals surface area contributed by atoms with Gasteiger partial charge in [0.25, 0.3) is 5.91 Å². The summed E-state index contributed by atoms with van der Waals surface area (Å²) in [5, 5.41) is 0. The van der Waals surface area contributed by atoms with Gasteiger partial charge < -0.3 is 9.15 Å². The number of amides is 1. The molecule has 2 aliphatic carbocycles. The Balaban J connectivity index is 1.33. The normalized spacial score (nSPS) is 26.3. The van der Waals surface area contributed by atoms with E-state index in [0.29, 0.717) is 20.9 Å². The molecule has 0 bridgehead atoms. The van der Waals surface area contributed by atoms with Crippen LogP contribution in [0.4, 0.5) is 8.78 Å². The highest BCUT2D eigenvalue weighted by Crippen LogP contribution is 2.45. The molecule has 3 aliphatic rings. The number of benzene rings is 1. The number of fused-ring (bicyclic) bond motifs is 1. The second-order valence-electron chi connectivity index (χ2n) is 9.20. The number of hydrogen-bond donors (Lipinski definition) is 0. The minimum Gasteiger partial charge on any atom is -0.491 e. The maximum absolute atomic E-state index is 14.6. The summed E-state index contributed by atoms with van der Waals surface area (Å²) in [5.74, 6) is -0.252. The molecule has 2 saturated carbocycles. The molecule has 1 saturated heterocycles. The van der Waals surface area contributed by atoms with Crippen molar-refractivity contribution in [2.24, 2.45) is 11.8 Å². The summed E-state index contributed by atoms with van der Waals surface area (Å²) < 4.78 is 40.3. The molecule has 5 rings (SSSR count). The van der Waals surface area contributed by atoms with Gasteiger partial charge >= 0.3 is 0 Å². The maximum atomic E-state index is 14.6. The molecule has 3 fully saturated rings. The minimum atomic E-state index is -1.05. The van der Waals surface area contributed by atoms with Crippen molar-refractivity contribution in [3.05, 3.63) is 46.6 Å². The summed E-state index contributed by atoms with van der Waals surface area (Å²) in [6.45, 7) is 1.94. The van der Waals surface area contributed by atoms with Crippen LogP contribution >= 0.6 is 24.0 Å². The van der Waals surface area contributed by atoms with Crippen molar-refractivity contribution in [1.29, 1.82) is 0 Å². The molecule has 2 aromatic rings. The lowest BCUT2D eigenvalue weighted by Gasteiger charge is -2.41. The van der Waals surface area contributed by atoms with Gasteiger partial charge in [-0.05, 0) is 62.3 Å². The highest BCUT2D eigenvalue weighted by molar-refractivity contribution is 8.26. The van der Waals surface area contributed by atoms with Crippen molar-refractivity contribution in [3.63, 3.8) is 0 Å². The molecular formula is C26H27F2NO3S2. The molecule has 180 valence electrons. The third-order valence-corrected chi connectivity index (χ3v) is 8.54. The van der Waals surface area contributed by atoms with E-state index in [1.54, 1.807) is 30.0 Å². The third-order valence-electron chi connectivity index (χ3n) is 7.21. The van der Waals surface area contributed by atoms with Crippen molar-refractivity contribution in [2.45, 2.75) is 57.9 Å². The zero-order valence-corrected chi connectivity index (χ0v) is 20.7. The van der Waals surface area contributed by atoms with Crippen LogP contribution in [0, 0.1) is 23.5 Å². The Hall–Kier alpha value is -2.19. The predicted molar refractivity (Wildman–Crippen MR) is 133 cm³/mol. The molecule has 2 heterocycles. The van der Waals surface area contributed by atoms with E-state index in [1.165, 1.54) is 49.6 Å². The van der Waals surface area contributed by atoms with E-state index in [9.17, 15) is 13.6 Å². The van der Waals surface area contributed by atoms with E-state index >= 15 is 0 Å². The molecule has 1 aromatic carbocycles. The van der Waals surface area contributed by atoms with Crippen LogP contribution in [-0.2, 0) is 4.79 Å². The van der Waals surface area contributed by atoms with E-state index in [1.807, 2.05) is 0 Å². The smallest absolute Gasteiger partial charge is 0.266 e. The highest BCUT2D eigenvalue weighted by Gasteiger charge is 2.41. The fourth-order valence-electron chi connectivity index (χ4n) is 5.57. The van der Waals surface area contributed by atoms with Crippen molar-refractivity contribution >= 4 is 40.3 Å². The largest absolute Gasteiger partial charge is 0.491 e. The standard InChI is InChI=1S/C26H27F2NO3S2/c1-2-31-21-12-10-19(23(27)24(21)28)20-11-9-18(32-20)14-22-25(30)29(26(33)34-22)17-8-7-15-5-3-4-6-16(15)13-17/h9-12,14-17H,2-8,13H2,1H3. The van der Waals surface area contributed by atoms with Gasteiger partial charge in [0.2, 0.25) is 5.82 Å². The summed E-state index contributed by atoms with van der Waals surface area (Å²) in [6.07, 6.45) is 10.0. The van der Waals surface area contributed by atoms with Gasteiger partial charge in [-0.25, -0.2) is 4.39 Å². The summed E-state index contributed by atoms with van der Waals surface area (Å²) in [5.41, 5.74) is -0.00241. The summed E-state index contributed by atoms with van der Waals surface area (Å²) in [6, 6.07) is 6.17. The summed E-state index contributed by atoms with van der Waals surface area (Å²) >= 11 is 6.85. The minimum absolute atomic E-state index is 0.00241. The Morgan fingerprint density at radius 3 is 2.71 bits per heavy atom. The molecule has 4 nitrogen and oxygen atoms in total. The number of thiocarbonyl (C=S) groups is 1. The zero-order chi connectivity index (χ0) is 23.8. The zero-order valence-electron chi connectivity index (χ0n) is 19.0. The molecule has 8 heteroatoms. The number of carbonyl (C=O) groups excluding carboxylic acids is 1. The molecular weight excluding hydrogens is 476 g/mol. The molecule has 1 aromatic heterocycles. The number of hydrogen-bond acceptors (Lipinski definition) is 5. The summed E-state index contributed by atoms with van der Waals surface area (Å²) in [4.78, 5) is 15.5. The predicted octanol–water partition coefficient (Wildman–Crippen LogP) is 7.18. The van der Waals surface area contributed by atoms with Crippen LogP contribution in [0.25, 0.3) is 17.4 Å². The molecule has 1 aliphatic heterocycles. The van der Waals surface area contributed by atoms with Gasteiger partial charge in [0.1, 0.15) is 15.8 Å². The van der Waals surface area contributed by atoms with Crippen molar-refractivity contribution in [3.8, 4) is 17.1 Å². The Morgan fingerprint density at radius 1 is 1.12 bits per heavy atom. The first-order chi connectivity index (χ1) is 16.5. The molecule has 34 heavy (non-hydrogen) atoms. The van der Waals surface area contributed by atoms with Crippen molar-refractivity contribution < 1.29 is 22.7 Å². The van der Waals surface area contributed by atoms with E-state index in [-0.39, 0.29) is 35.6 Å². The van der Waals surface area contributed by atoms with Crippen LogP contribution < -0.4 is 4.74 Å². The number of thioether (sulfide) groups is 1. The lowest BCUT2D eigenvalue weighted by molar-refractivity contribution is -0.124. The first-order valence-corrected chi connectivity index (χ1v) is 13.2. The van der Waals surface area contributed by atoms with Gasteiger partial charge in [0.05, 0.1) is 17.1 Å². The maximum Gasteiger partial charge on any atom is 0.266 e. The van der Waals surface area contributed by atoms with Gasteiger partial charge in [-0.15, -0.1) is 0 Å². The molecule has 3 unspecified atom stereocenters. The molecule has 1 amide bonds. The lowest BCUT2D eigenvalue weighted by atomic mass is 9.69. The third kappa shape index (κ3) is 4.42. The molecule has 0 N–H and O–H groups in total. The van der Waals surface area contributed by atoms with Crippen LogP contribution in [-0.4, -0.2) is 27.8 Å². The van der Waals surface area contributed by atoms with E-state index in [2.05, 4.69) is 0 Å². The first-order valence-electron chi connectivity index (χ1n) is 11.9. The second-order valence-corrected chi connectivity index (χ2v) is 10.9. The molecule has 0 radical (unpaired) electrons. The number of rotatable bonds is 5. The Morgan fingerprint density at radius 2 is 1.91 bits per heavy atom. The Kier molecular flexibility index (Phi) is 6.80. The van der Waals surface area contributed by atoms with Gasteiger partial charge in [0.15, 0.2) is 11.6 Å². The van der Waals surface area contributed by atoms with Crippen LogP contribution in [0.1, 0.15) is 57.6 Å². The monoisotopic (exact) mass is 503 g/mol. The molecule has 3 atom stereocenters. The van der Waals surface area contributed by atoms with Crippen LogP contribution in [0.2, 0.25) is 0 Å². The van der Waals surface area contributed by atoms with E-state index in [4.69, 9.17) is 21.4 Å². The fraction of sp³-hybridized carbons (Fsp3) is 0.462. The van der Waals surface area contributed by atoms with Crippen LogP contribution in [0.5, 0.6) is 5.75 Å². The van der Waals surface area contributed by atoms with Crippen molar-refractivity contribution in [1.82, 2.24) is 4.90 Å². The Labute approximate surface area is 207 Å². The quantitative estimate of drug-likeness (QED) is 0.319. The van der Waals surface area contributed by atoms with E-state index in [0.717, 1.165) is 25.2 Å². The van der Waals surface area contributed by atoms with Crippen LogP contribution in [0.3, 0.4) is 0 Å². The molecule has 0 spiro atoms. The Bertz CT molecular complexity index is 1150. The number of furan rings is 1. The average molecular weight is 504 g/mol. The highest BCUT2D eigenvalue weighted by atomic mass is 32.2. The number of carbonyl (C=O) groups is 1. The first kappa shape index (κ1) is 23.5. The fourth-order valence-corrected chi connectivity index (χ4v) is 6.95. The van der Waals surface area contributed by atoms with Gasteiger partial charge in [-0.2, -0.15) is 4.39 Å².